The molecular formula is C21H20BrN5O2. The van der Waals surface area contributed by atoms with E-state index in [2.05, 4.69) is 26.3 Å². The van der Waals surface area contributed by atoms with E-state index < -0.39 is 0 Å². The van der Waals surface area contributed by atoms with E-state index >= 15 is 0 Å². The summed E-state index contributed by atoms with van der Waals surface area (Å²) in [5.41, 5.74) is 2.63. The first-order valence-corrected chi connectivity index (χ1v) is 10.0. The number of para-hydroxylation sites is 2. The minimum atomic E-state index is -0.164. The van der Waals surface area contributed by atoms with Gasteiger partial charge in [-0.3, -0.25) is 13.9 Å². The van der Waals surface area contributed by atoms with E-state index in [1.54, 1.807) is 33.1 Å². The van der Waals surface area contributed by atoms with Crippen LogP contribution in [-0.4, -0.2) is 24.8 Å². The Bertz CT molecular complexity index is 1220. The summed E-state index contributed by atoms with van der Waals surface area (Å²) in [6.07, 6.45) is 1.85. The van der Waals surface area contributed by atoms with Gasteiger partial charge in [0.2, 0.25) is 5.91 Å². The van der Waals surface area contributed by atoms with Gasteiger partial charge in [-0.1, -0.05) is 40.2 Å². The maximum absolute atomic E-state index is 12.5. The summed E-state index contributed by atoms with van der Waals surface area (Å²) in [6.45, 7) is 0.867. The normalized spacial score (nSPS) is 11.1. The zero-order chi connectivity index (χ0) is 20.4. The van der Waals surface area contributed by atoms with Crippen LogP contribution in [0.5, 0.6) is 0 Å². The number of nitrogens with zero attached hydrogens (tertiary/aromatic N) is 4. The minimum absolute atomic E-state index is 0.126. The molecule has 4 rings (SSSR count). The zero-order valence-corrected chi connectivity index (χ0v) is 17.5. The number of anilines is 1. The van der Waals surface area contributed by atoms with Crippen LogP contribution in [-0.2, 0) is 24.9 Å². The monoisotopic (exact) mass is 453 g/mol. The highest BCUT2D eigenvalue weighted by Crippen LogP contribution is 2.15. The van der Waals surface area contributed by atoms with Crippen LogP contribution in [0.3, 0.4) is 0 Å². The molecule has 0 atom stereocenters. The molecule has 0 fully saturated rings. The third-order valence-electron chi connectivity index (χ3n) is 4.84. The predicted molar refractivity (Wildman–Crippen MR) is 116 cm³/mol. The number of benzene rings is 2. The molecule has 1 N–H and O–H groups in total. The van der Waals surface area contributed by atoms with Crippen molar-refractivity contribution < 1.29 is 4.79 Å². The molecule has 0 bridgehead atoms. The Labute approximate surface area is 175 Å². The Morgan fingerprint density at radius 2 is 1.79 bits per heavy atom. The Balaban J connectivity index is 1.44. The number of amides is 1. The smallest absolute Gasteiger partial charge is 0.311 e. The van der Waals surface area contributed by atoms with E-state index in [-0.39, 0.29) is 18.0 Å². The second-order valence-corrected chi connectivity index (χ2v) is 7.70. The number of hydrogen-bond donors (Lipinski definition) is 1. The first-order valence-electron chi connectivity index (χ1n) is 9.23. The van der Waals surface area contributed by atoms with Gasteiger partial charge in [0.05, 0.1) is 23.8 Å². The number of rotatable bonds is 6. The maximum atomic E-state index is 12.5. The average molecular weight is 454 g/mol. The summed E-state index contributed by atoms with van der Waals surface area (Å²) in [6, 6.07) is 17.3. The van der Waals surface area contributed by atoms with Gasteiger partial charge < -0.3 is 5.32 Å². The van der Waals surface area contributed by atoms with Crippen LogP contribution in [0.25, 0.3) is 11.0 Å². The molecule has 0 aliphatic heterocycles. The quantitative estimate of drug-likeness (QED) is 0.486. The van der Waals surface area contributed by atoms with Gasteiger partial charge in [-0.05, 0) is 29.8 Å². The number of imidazole rings is 1. The highest BCUT2D eigenvalue weighted by atomic mass is 79.9. The van der Waals surface area contributed by atoms with E-state index in [0.29, 0.717) is 18.9 Å². The zero-order valence-electron chi connectivity index (χ0n) is 15.9. The van der Waals surface area contributed by atoms with E-state index in [1.165, 1.54) is 0 Å². The largest absolute Gasteiger partial charge is 0.328 e. The summed E-state index contributed by atoms with van der Waals surface area (Å²) in [5.74, 6) is 0.463. The molecule has 0 aliphatic rings. The standard InChI is InChI=1S/C21H20BrN5O2/c1-25-17-4-2-3-5-18(17)26(21(25)29)13-11-20(28)24-19-10-12-23-27(19)14-15-6-8-16(22)9-7-15/h2-10,12H,11,13-14H2,1H3,(H,24,28). The second kappa shape index (κ2) is 8.08. The second-order valence-electron chi connectivity index (χ2n) is 6.78. The van der Waals surface area contributed by atoms with Gasteiger partial charge in [-0.25, -0.2) is 9.48 Å². The Hall–Kier alpha value is -3.13. The fourth-order valence-corrected chi connectivity index (χ4v) is 3.59. The van der Waals surface area contributed by atoms with Crippen molar-refractivity contribution in [2.45, 2.75) is 19.5 Å². The summed E-state index contributed by atoms with van der Waals surface area (Å²) in [7, 11) is 1.74. The molecule has 0 spiro atoms. The van der Waals surface area contributed by atoms with Crippen LogP contribution >= 0.6 is 15.9 Å². The van der Waals surface area contributed by atoms with Crippen molar-refractivity contribution in [1.82, 2.24) is 18.9 Å². The lowest BCUT2D eigenvalue weighted by atomic mass is 10.2. The molecule has 2 heterocycles. The van der Waals surface area contributed by atoms with Crippen LogP contribution in [0, 0.1) is 0 Å². The highest BCUT2D eigenvalue weighted by Gasteiger charge is 2.13. The topological polar surface area (TPSA) is 73.8 Å². The lowest BCUT2D eigenvalue weighted by Crippen LogP contribution is -2.25. The molecule has 4 aromatic rings. The average Bonchev–Trinajstić information content (AvgIpc) is 3.25. The van der Waals surface area contributed by atoms with Crippen LogP contribution in [0.1, 0.15) is 12.0 Å². The number of aryl methyl sites for hydroxylation is 2. The fraction of sp³-hybridized carbons (Fsp3) is 0.190. The summed E-state index contributed by atoms with van der Waals surface area (Å²) >= 11 is 3.42. The Kier molecular flexibility index (Phi) is 5.35. The molecule has 8 heteroatoms. The SMILES string of the molecule is Cn1c(=O)n(CCC(=O)Nc2ccnn2Cc2ccc(Br)cc2)c2ccccc21. The van der Waals surface area contributed by atoms with Crippen LogP contribution < -0.4 is 11.0 Å². The molecule has 2 aromatic carbocycles. The van der Waals surface area contributed by atoms with Crippen molar-refractivity contribution in [3.8, 4) is 0 Å². The van der Waals surface area contributed by atoms with Crippen molar-refractivity contribution in [2.75, 3.05) is 5.32 Å². The molecule has 0 aliphatic carbocycles. The third kappa shape index (κ3) is 4.02. The summed E-state index contributed by atoms with van der Waals surface area (Å²) in [4.78, 5) is 25.0. The lowest BCUT2D eigenvalue weighted by Gasteiger charge is -2.10. The van der Waals surface area contributed by atoms with Gasteiger partial charge in [0.1, 0.15) is 5.82 Å². The third-order valence-corrected chi connectivity index (χ3v) is 5.37. The molecular weight excluding hydrogens is 434 g/mol. The molecule has 0 saturated carbocycles. The highest BCUT2D eigenvalue weighted by molar-refractivity contribution is 9.10. The van der Waals surface area contributed by atoms with Crippen LogP contribution in [0.15, 0.2) is 70.1 Å². The van der Waals surface area contributed by atoms with E-state index in [4.69, 9.17) is 0 Å². The van der Waals surface area contributed by atoms with Crippen molar-refractivity contribution in [1.29, 1.82) is 0 Å². The van der Waals surface area contributed by atoms with Crippen LogP contribution in [0.2, 0.25) is 0 Å². The molecule has 29 heavy (non-hydrogen) atoms. The van der Waals surface area contributed by atoms with Gasteiger partial charge in [0, 0.05) is 30.6 Å². The molecule has 0 unspecified atom stereocenters. The first-order chi connectivity index (χ1) is 14.0. The summed E-state index contributed by atoms with van der Waals surface area (Å²) < 4.78 is 5.98. The number of nitrogens with one attached hydrogen (secondary N) is 1. The number of carbonyl (C=O) groups excluding carboxylic acids is 1. The predicted octanol–water partition coefficient (Wildman–Crippen LogP) is 3.38. The Morgan fingerprint density at radius 3 is 2.55 bits per heavy atom. The number of carbonyl (C=O) groups is 1. The van der Waals surface area contributed by atoms with E-state index in [0.717, 1.165) is 21.1 Å². The molecule has 7 nitrogen and oxygen atoms in total. The van der Waals surface area contributed by atoms with Crippen molar-refractivity contribution >= 4 is 38.7 Å². The van der Waals surface area contributed by atoms with Gasteiger partial charge >= 0.3 is 5.69 Å². The van der Waals surface area contributed by atoms with Crippen molar-refractivity contribution in [2.24, 2.45) is 7.05 Å². The molecule has 1 amide bonds. The van der Waals surface area contributed by atoms with E-state index in [9.17, 15) is 9.59 Å². The van der Waals surface area contributed by atoms with Gasteiger partial charge in [-0.15, -0.1) is 0 Å². The molecule has 2 aromatic heterocycles. The first kappa shape index (κ1) is 19.2. The van der Waals surface area contributed by atoms with Gasteiger partial charge in [0.15, 0.2) is 0 Å². The number of hydrogen-bond acceptors (Lipinski definition) is 3. The fourth-order valence-electron chi connectivity index (χ4n) is 3.33. The molecule has 0 radical (unpaired) electrons. The molecule has 148 valence electrons. The van der Waals surface area contributed by atoms with Gasteiger partial charge in [0.25, 0.3) is 0 Å². The maximum Gasteiger partial charge on any atom is 0.328 e. The Morgan fingerprint density at radius 1 is 1.07 bits per heavy atom. The van der Waals surface area contributed by atoms with Gasteiger partial charge in [-0.2, -0.15) is 5.10 Å². The number of halogens is 1. The number of aromatic nitrogens is 4. The van der Waals surface area contributed by atoms with E-state index in [1.807, 2.05) is 48.5 Å². The summed E-state index contributed by atoms with van der Waals surface area (Å²) in [5, 5.41) is 7.19. The lowest BCUT2D eigenvalue weighted by molar-refractivity contribution is -0.116. The van der Waals surface area contributed by atoms with Crippen molar-refractivity contribution in [3.05, 3.63) is 81.3 Å². The minimum Gasteiger partial charge on any atom is -0.311 e. The molecule has 0 saturated heterocycles. The number of fused-ring (bicyclic) bond motifs is 1. The van der Waals surface area contributed by atoms with Crippen molar-refractivity contribution in [3.63, 3.8) is 0 Å². The van der Waals surface area contributed by atoms with Crippen LogP contribution in [0.4, 0.5) is 5.82 Å².